The molecular weight excluding hydrogens is 332 g/mol. The molecule has 1 N–H and O–H groups in total. The first kappa shape index (κ1) is 17.7. The van der Waals surface area contributed by atoms with E-state index in [1.54, 1.807) is 34.9 Å². The van der Waals surface area contributed by atoms with E-state index in [0.29, 0.717) is 37.3 Å². The van der Waals surface area contributed by atoms with Crippen molar-refractivity contribution in [2.45, 2.75) is 6.92 Å². The first-order valence-electron chi connectivity index (χ1n) is 8.44. The number of carboxylic acid groups (broad SMARTS) is 1. The lowest BCUT2D eigenvalue weighted by atomic mass is 10.1. The zero-order chi connectivity index (χ0) is 18.7. The number of nitrogens with zero attached hydrogens (tertiary/aromatic N) is 2. The van der Waals surface area contributed by atoms with Gasteiger partial charge in [0, 0.05) is 37.3 Å². The number of carbonyl (C=O) groups excluding carboxylic acids is 2. The maximum atomic E-state index is 12.7. The minimum Gasteiger partial charge on any atom is -0.478 e. The smallest absolute Gasteiger partial charge is 0.335 e. The number of piperazine rings is 1. The molecule has 0 bridgehead atoms. The highest BCUT2D eigenvalue weighted by Crippen LogP contribution is 2.15. The second kappa shape index (κ2) is 7.39. The third-order valence-electron chi connectivity index (χ3n) is 4.45. The van der Waals surface area contributed by atoms with Gasteiger partial charge in [0.25, 0.3) is 11.8 Å². The molecule has 0 radical (unpaired) electrons. The van der Waals surface area contributed by atoms with Gasteiger partial charge in [0.1, 0.15) is 0 Å². The van der Waals surface area contributed by atoms with Crippen LogP contribution in [0.2, 0.25) is 0 Å². The molecule has 0 unspecified atom stereocenters. The van der Waals surface area contributed by atoms with E-state index in [4.69, 9.17) is 5.11 Å². The average molecular weight is 352 g/mol. The Morgan fingerprint density at radius 3 is 1.81 bits per heavy atom. The normalized spacial score (nSPS) is 14.2. The Hall–Kier alpha value is -3.15. The average Bonchev–Trinajstić information content (AvgIpc) is 2.67. The fourth-order valence-electron chi connectivity index (χ4n) is 3.09. The lowest BCUT2D eigenvalue weighted by Crippen LogP contribution is -2.50. The summed E-state index contributed by atoms with van der Waals surface area (Å²) in [5, 5.41) is 9.16. The third kappa shape index (κ3) is 3.74. The monoisotopic (exact) mass is 352 g/mol. The lowest BCUT2D eigenvalue weighted by molar-refractivity contribution is 0.0535. The molecule has 1 aliphatic rings. The summed E-state index contributed by atoms with van der Waals surface area (Å²) in [7, 11) is 0. The van der Waals surface area contributed by atoms with E-state index in [2.05, 4.69) is 0 Å². The van der Waals surface area contributed by atoms with E-state index in [1.165, 1.54) is 12.1 Å². The fourth-order valence-corrected chi connectivity index (χ4v) is 3.09. The van der Waals surface area contributed by atoms with Gasteiger partial charge in [-0.15, -0.1) is 0 Å². The first-order valence-corrected chi connectivity index (χ1v) is 8.44. The molecule has 6 heteroatoms. The summed E-state index contributed by atoms with van der Waals surface area (Å²) in [6.07, 6.45) is 0. The number of aromatic carboxylic acids is 1. The van der Waals surface area contributed by atoms with Crippen LogP contribution in [0, 0.1) is 6.92 Å². The zero-order valence-corrected chi connectivity index (χ0v) is 14.5. The van der Waals surface area contributed by atoms with Crippen LogP contribution >= 0.6 is 0 Å². The molecular formula is C20H20N2O4. The molecule has 3 rings (SSSR count). The van der Waals surface area contributed by atoms with Crippen molar-refractivity contribution in [3.05, 3.63) is 70.8 Å². The van der Waals surface area contributed by atoms with Gasteiger partial charge in [-0.05, 0) is 42.8 Å². The quantitative estimate of drug-likeness (QED) is 0.919. The van der Waals surface area contributed by atoms with Crippen LogP contribution in [0.1, 0.15) is 36.6 Å². The molecule has 134 valence electrons. The highest BCUT2D eigenvalue weighted by atomic mass is 16.4. The van der Waals surface area contributed by atoms with Crippen LogP contribution in [0.4, 0.5) is 0 Å². The summed E-state index contributed by atoms with van der Waals surface area (Å²) in [5.74, 6) is -1.30. The number of carbonyl (C=O) groups is 3. The number of aryl methyl sites for hydroxylation is 1. The van der Waals surface area contributed by atoms with E-state index < -0.39 is 5.97 Å². The van der Waals surface area contributed by atoms with Crippen molar-refractivity contribution in [1.82, 2.24) is 9.80 Å². The largest absolute Gasteiger partial charge is 0.478 e. The molecule has 6 nitrogen and oxygen atoms in total. The van der Waals surface area contributed by atoms with E-state index >= 15 is 0 Å². The van der Waals surface area contributed by atoms with Gasteiger partial charge in [-0.3, -0.25) is 9.59 Å². The Morgan fingerprint density at radius 2 is 1.27 bits per heavy atom. The molecule has 0 atom stereocenters. The summed E-state index contributed by atoms with van der Waals surface area (Å²) in [6, 6.07) is 13.7. The highest BCUT2D eigenvalue weighted by molar-refractivity contribution is 5.98. The molecule has 2 aromatic carbocycles. The van der Waals surface area contributed by atoms with E-state index in [0.717, 1.165) is 5.56 Å². The number of hydrogen-bond acceptors (Lipinski definition) is 3. The standard InChI is InChI=1S/C20H20N2O4/c1-14-11-16(13-17(12-14)20(25)26)19(24)22-9-7-21(8-10-22)18(23)15-5-3-2-4-6-15/h2-6,11-13H,7-10H2,1H3,(H,25,26). The molecule has 0 spiro atoms. The van der Waals surface area contributed by atoms with Gasteiger partial charge in [-0.1, -0.05) is 18.2 Å². The SMILES string of the molecule is Cc1cc(C(=O)O)cc(C(=O)N2CCN(C(=O)c3ccccc3)CC2)c1. The maximum absolute atomic E-state index is 12.7. The number of amides is 2. The Kier molecular flexibility index (Phi) is 5.02. The number of carboxylic acids is 1. The molecule has 1 heterocycles. The Labute approximate surface area is 151 Å². The van der Waals surface area contributed by atoms with Crippen molar-refractivity contribution in [3.63, 3.8) is 0 Å². The molecule has 2 aromatic rings. The van der Waals surface area contributed by atoms with Crippen LogP contribution in [-0.4, -0.2) is 58.9 Å². The predicted octanol–water partition coefficient (Wildman–Crippen LogP) is 2.29. The Morgan fingerprint density at radius 1 is 0.769 bits per heavy atom. The van der Waals surface area contributed by atoms with Gasteiger partial charge in [0.2, 0.25) is 0 Å². The van der Waals surface area contributed by atoms with Crippen molar-refractivity contribution >= 4 is 17.8 Å². The van der Waals surface area contributed by atoms with Crippen LogP contribution in [0.3, 0.4) is 0 Å². The minimum absolute atomic E-state index is 0.0404. The van der Waals surface area contributed by atoms with E-state index in [9.17, 15) is 14.4 Å². The van der Waals surface area contributed by atoms with Gasteiger partial charge in [-0.2, -0.15) is 0 Å². The molecule has 1 fully saturated rings. The molecule has 26 heavy (non-hydrogen) atoms. The molecule has 1 saturated heterocycles. The van der Waals surface area contributed by atoms with Crippen LogP contribution in [0.5, 0.6) is 0 Å². The fraction of sp³-hybridized carbons (Fsp3) is 0.250. The van der Waals surface area contributed by atoms with Crippen molar-refractivity contribution in [2.75, 3.05) is 26.2 Å². The summed E-state index contributed by atoms with van der Waals surface area (Å²) in [6.45, 7) is 3.52. The molecule has 2 amide bonds. The van der Waals surface area contributed by atoms with E-state index in [1.807, 2.05) is 18.2 Å². The maximum Gasteiger partial charge on any atom is 0.335 e. The summed E-state index contributed by atoms with van der Waals surface area (Å²) < 4.78 is 0. The van der Waals surface area contributed by atoms with Crippen molar-refractivity contribution in [1.29, 1.82) is 0 Å². The molecule has 0 aliphatic carbocycles. The van der Waals surface area contributed by atoms with Crippen LogP contribution in [0.15, 0.2) is 48.5 Å². The van der Waals surface area contributed by atoms with Crippen LogP contribution in [0.25, 0.3) is 0 Å². The molecule has 1 aliphatic heterocycles. The lowest BCUT2D eigenvalue weighted by Gasteiger charge is -2.35. The zero-order valence-electron chi connectivity index (χ0n) is 14.5. The highest BCUT2D eigenvalue weighted by Gasteiger charge is 2.26. The predicted molar refractivity (Wildman–Crippen MR) is 96.4 cm³/mol. The van der Waals surface area contributed by atoms with Crippen molar-refractivity contribution in [3.8, 4) is 0 Å². The molecule has 0 saturated carbocycles. The second-order valence-electron chi connectivity index (χ2n) is 6.34. The van der Waals surface area contributed by atoms with Gasteiger partial charge >= 0.3 is 5.97 Å². The third-order valence-corrected chi connectivity index (χ3v) is 4.45. The Bertz CT molecular complexity index is 840. The number of rotatable bonds is 3. The van der Waals surface area contributed by atoms with Gasteiger partial charge in [0.05, 0.1) is 5.56 Å². The number of hydrogen-bond donors (Lipinski definition) is 1. The Balaban J connectivity index is 1.67. The summed E-state index contributed by atoms with van der Waals surface area (Å²) in [5.41, 5.74) is 1.83. The number of benzene rings is 2. The van der Waals surface area contributed by atoms with Crippen LogP contribution < -0.4 is 0 Å². The first-order chi connectivity index (χ1) is 12.5. The topological polar surface area (TPSA) is 77.9 Å². The second-order valence-corrected chi connectivity index (χ2v) is 6.34. The van der Waals surface area contributed by atoms with Gasteiger partial charge in [-0.25, -0.2) is 4.79 Å². The van der Waals surface area contributed by atoms with E-state index in [-0.39, 0.29) is 17.4 Å². The van der Waals surface area contributed by atoms with Gasteiger partial charge < -0.3 is 14.9 Å². The van der Waals surface area contributed by atoms with Crippen molar-refractivity contribution < 1.29 is 19.5 Å². The van der Waals surface area contributed by atoms with Gasteiger partial charge in [0.15, 0.2) is 0 Å². The molecule has 0 aromatic heterocycles. The minimum atomic E-state index is -1.05. The summed E-state index contributed by atoms with van der Waals surface area (Å²) in [4.78, 5) is 39.8. The van der Waals surface area contributed by atoms with Crippen LogP contribution in [-0.2, 0) is 0 Å². The van der Waals surface area contributed by atoms with Crippen molar-refractivity contribution in [2.24, 2.45) is 0 Å². The summed E-state index contributed by atoms with van der Waals surface area (Å²) >= 11 is 0.